The van der Waals surface area contributed by atoms with Crippen LogP contribution in [0.5, 0.6) is 0 Å². The van der Waals surface area contributed by atoms with E-state index in [1.165, 1.54) is 6.07 Å². The average Bonchev–Trinajstić information content (AvgIpc) is 2.49. The van der Waals surface area contributed by atoms with Gasteiger partial charge in [-0.05, 0) is 11.6 Å². The molecule has 118 valence electrons. The van der Waals surface area contributed by atoms with Crippen LogP contribution in [0.1, 0.15) is 5.56 Å². The fraction of sp³-hybridized carbons (Fsp3) is 0.500. The molecule has 7 heteroatoms. The molecule has 0 unspecified atom stereocenters. The van der Waals surface area contributed by atoms with Crippen LogP contribution in [0.4, 0.5) is 4.39 Å². The lowest BCUT2D eigenvalue weighted by molar-refractivity contribution is 0.0674. The third-order valence-electron chi connectivity index (χ3n) is 3.06. The predicted octanol–water partition coefficient (Wildman–Crippen LogP) is 2.32. The smallest absolute Gasteiger partial charge is 0.191 e. The number of benzene rings is 1. The second-order valence-electron chi connectivity index (χ2n) is 4.48. The van der Waals surface area contributed by atoms with Crippen molar-refractivity contribution in [2.45, 2.75) is 5.75 Å². The lowest BCUT2D eigenvalue weighted by Gasteiger charge is -2.27. The minimum Gasteiger partial charge on any atom is -0.378 e. The van der Waals surface area contributed by atoms with Gasteiger partial charge in [0.1, 0.15) is 5.82 Å². The Kier molecular flexibility index (Phi) is 9.02. The van der Waals surface area contributed by atoms with Gasteiger partial charge in [0.05, 0.1) is 19.8 Å². The Hall–Kier alpha value is -0.540. The van der Waals surface area contributed by atoms with Gasteiger partial charge in [-0.2, -0.15) is 11.8 Å². The monoisotopic (exact) mass is 425 g/mol. The van der Waals surface area contributed by atoms with Gasteiger partial charge in [-0.1, -0.05) is 18.2 Å². The Morgan fingerprint density at radius 3 is 2.76 bits per heavy atom. The summed E-state index contributed by atoms with van der Waals surface area (Å²) in [7, 11) is 0. The van der Waals surface area contributed by atoms with E-state index in [1.807, 2.05) is 17.0 Å². The van der Waals surface area contributed by atoms with E-state index in [9.17, 15) is 4.39 Å². The first kappa shape index (κ1) is 18.5. The molecule has 0 radical (unpaired) electrons. The number of morpholine rings is 1. The minimum atomic E-state index is -0.142. The summed E-state index contributed by atoms with van der Waals surface area (Å²) in [5, 5.41) is 0. The Balaban J connectivity index is 0.00000220. The van der Waals surface area contributed by atoms with Crippen molar-refractivity contribution < 1.29 is 9.13 Å². The molecule has 1 aliphatic heterocycles. The molecule has 21 heavy (non-hydrogen) atoms. The van der Waals surface area contributed by atoms with Gasteiger partial charge in [0, 0.05) is 24.6 Å². The highest BCUT2D eigenvalue weighted by molar-refractivity contribution is 14.0. The number of ether oxygens (including phenoxy) is 1. The maximum Gasteiger partial charge on any atom is 0.191 e. The van der Waals surface area contributed by atoms with Crippen LogP contribution in [0.3, 0.4) is 0 Å². The fourth-order valence-corrected chi connectivity index (χ4v) is 2.73. The third kappa shape index (κ3) is 6.39. The number of nitrogens with two attached hydrogens (primary N) is 1. The van der Waals surface area contributed by atoms with Crippen LogP contribution in [-0.4, -0.2) is 49.5 Å². The zero-order valence-electron chi connectivity index (χ0n) is 11.8. The molecule has 0 spiro atoms. The van der Waals surface area contributed by atoms with Crippen LogP contribution in [0, 0.1) is 5.82 Å². The van der Waals surface area contributed by atoms with Crippen molar-refractivity contribution >= 4 is 41.7 Å². The summed E-state index contributed by atoms with van der Waals surface area (Å²) < 4.78 is 18.7. The number of halogens is 2. The summed E-state index contributed by atoms with van der Waals surface area (Å²) in [5.41, 5.74) is 6.66. The third-order valence-corrected chi connectivity index (χ3v) is 4.05. The Labute approximate surface area is 146 Å². The van der Waals surface area contributed by atoms with E-state index in [-0.39, 0.29) is 29.8 Å². The fourth-order valence-electron chi connectivity index (χ4n) is 1.91. The van der Waals surface area contributed by atoms with Crippen molar-refractivity contribution in [1.29, 1.82) is 0 Å². The molecule has 0 aliphatic carbocycles. The van der Waals surface area contributed by atoms with Gasteiger partial charge in [-0.25, -0.2) is 4.39 Å². The van der Waals surface area contributed by atoms with Gasteiger partial charge in [-0.15, -0.1) is 24.0 Å². The van der Waals surface area contributed by atoms with Crippen LogP contribution in [-0.2, 0) is 10.5 Å². The molecule has 0 saturated carbocycles. The van der Waals surface area contributed by atoms with E-state index >= 15 is 0 Å². The summed E-state index contributed by atoms with van der Waals surface area (Å²) in [6.45, 7) is 3.67. The maximum absolute atomic E-state index is 13.4. The molecule has 1 fully saturated rings. The first-order valence-electron chi connectivity index (χ1n) is 6.71. The summed E-state index contributed by atoms with van der Waals surface area (Å²) in [6, 6.07) is 6.86. The predicted molar refractivity (Wildman–Crippen MR) is 96.9 cm³/mol. The Bertz CT molecular complexity index is 456. The van der Waals surface area contributed by atoms with E-state index in [0.29, 0.717) is 31.5 Å². The minimum absolute atomic E-state index is 0. The van der Waals surface area contributed by atoms with Crippen molar-refractivity contribution in [2.75, 3.05) is 38.6 Å². The molecule has 2 rings (SSSR count). The molecule has 0 atom stereocenters. The van der Waals surface area contributed by atoms with Crippen molar-refractivity contribution in [3.05, 3.63) is 35.6 Å². The zero-order chi connectivity index (χ0) is 14.2. The van der Waals surface area contributed by atoms with Crippen molar-refractivity contribution in [3.8, 4) is 0 Å². The first-order valence-corrected chi connectivity index (χ1v) is 7.86. The Morgan fingerprint density at radius 2 is 2.05 bits per heavy atom. The topological polar surface area (TPSA) is 50.8 Å². The van der Waals surface area contributed by atoms with Gasteiger partial charge < -0.3 is 15.4 Å². The molecular formula is C14H21FIN3OS. The molecule has 0 amide bonds. The molecule has 0 aromatic heterocycles. The van der Waals surface area contributed by atoms with Crippen molar-refractivity contribution in [2.24, 2.45) is 10.7 Å². The van der Waals surface area contributed by atoms with Gasteiger partial charge in [-0.3, -0.25) is 4.99 Å². The van der Waals surface area contributed by atoms with Gasteiger partial charge in [0.15, 0.2) is 5.96 Å². The number of nitrogens with zero attached hydrogens (tertiary/aromatic N) is 2. The number of aliphatic imine (C=N–C) groups is 1. The molecule has 2 N–H and O–H groups in total. The van der Waals surface area contributed by atoms with Crippen LogP contribution in [0.2, 0.25) is 0 Å². The summed E-state index contributed by atoms with van der Waals surface area (Å²) >= 11 is 1.66. The summed E-state index contributed by atoms with van der Waals surface area (Å²) in [6.07, 6.45) is 0. The van der Waals surface area contributed by atoms with Crippen LogP contribution >= 0.6 is 35.7 Å². The highest BCUT2D eigenvalue weighted by atomic mass is 127. The maximum atomic E-state index is 13.4. The second-order valence-corrected chi connectivity index (χ2v) is 5.59. The zero-order valence-corrected chi connectivity index (χ0v) is 15.0. The highest BCUT2D eigenvalue weighted by Crippen LogP contribution is 2.15. The van der Waals surface area contributed by atoms with E-state index < -0.39 is 0 Å². The highest BCUT2D eigenvalue weighted by Gasteiger charge is 2.11. The number of hydrogen-bond donors (Lipinski definition) is 1. The van der Waals surface area contributed by atoms with Gasteiger partial charge >= 0.3 is 0 Å². The molecule has 1 heterocycles. The van der Waals surface area contributed by atoms with Gasteiger partial charge in [0.25, 0.3) is 0 Å². The molecule has 1 aromatic rings. The number of hydrogen-bond acceptors (Lipinski definition) is 3. The lowest BCUT2D eigenvalue weighted by Crippen LogP contribution is -2.44. The van der Waals surface area contributed by atoms with E-state index in [1.54, 1.807) is 17.8 Å². The Morgan fingerprint density at radius 1 is 1.33 bits per heavy atom. The molecule has 1 aromatic carbocycles. The molecule has 1 aliphatic rings. The van der Waals surface area contributed by atoms with Crippen molar-refractivity contribution in [3.63, 3.8) is 0 Å². The molecule has 1 saturated heterocycles. The standard InChI is InChI=1S/C14H20FN3OS.HI/c15-13-4-2-1-3-12(13)11-20-10-5-17-14(16)18-6-8-19-9-7-18;/h1-4H,5-11H2,(H2,16,17);1H. The normalized spacial score (nSPS) is 15.7. The SMILES string of the molecule is I.NC(=NCCSCc1ccccc1F)N1CCOCC1. The van der Waals surface area contributed by atoms with Crippen LogP contribution in [0.15, 0.2) is 29.3 Å². The van der Waals surface area contributed by atoms with Crippen LogP contribution in [0.25, 0.3) is 0 Å². The summed E-state index contributed by atoms with van der Waals surface area (Å²) in [5.74, 6) is 1.94. The van der Waals surface area contributed by atoms with E-state index in [4.69, 9.17) is 10.5 Å². The van der Waals surface area contributed by atoms with Crippen molar-refractivity contribution in [1.82, 2.24) is 4.90 Å². The lowest BCUT2D eigenvalue weighted by atomic mass is 10.2. The average molecular weight is 425 g/mol. The number of guanidine groups is 1. The molecule has 4 nitrogen and oxygen atoms in total. The largest absolute Gasteiger partial charge is 0.378 e. The molecule has 0 bridgehead atoms. The molecular weight excluding hydrogens is 404 g/mol. The van der Waals surface area contributed by atoms with E-state index in [0.717, 1.165) is 24.4 Å². The quantitative estimate of drug-likeness (QED) is 0.341. The number of thioether (sulfide) groups is 1. The summed E-state index contributed by atoms with van der Waals surface area (Å²) in [4.78, 5) is 6.38. The second kappa shape index (κ2) is 10.2. The van der Waals surface area contributed by atoms with E-state index in [2.05, 4.69) is 4.99 Å². The van der Waals surface area contributed by atoms with Crippen LogP contribution < -0.4 is 5.73 Å². The number of rotatable bonds is 5. The first-order chi connectivity index (χ1) is 9.77. The van der Waals surface area contributed by atoms with Gasteiger partial charge in [0.2, 0.25) is 0 Å².